The van der Waals surface area contributed by atoms with Crippen molar-refractivity contribution in [3.63, 3.8) is 0 Å². The van der Waals surface area contributed by atoms with E-state index in [4.69, 9.17) is 15.2 Å². The average molecular weight is 285 g/mol. The molecule has 0 heterocycles. The summed E-state index contributed by atoms with van der Waals surface area (Å²) in [6.07, 6.45) is 0.653. The minimum absolute atomic E-state index is 0.0716. The molecule has 0 fully saturated rings. The van der Waals surface area contributed by atoms with E-state index in [0.29, 0.717) is 0 Å². The highest BCUT2D eigenvalue weighted by Gasteiger charge is 2.21. The van der Waals surface area contributed by atoms with E-state index in [0.717, 1.165) is 23.5 Å². The summed E-state index contributed by atoms with van der Waals surface area (Å²) in [5.41, 5.74) is 8.57. The van der Waals surface area contributed by atoms with Gasteiger partial charge in [0.15, 0.2) is 11.5 Å². The second-order valence-corrected chi connectivity index (χ2v) is 5.17. The topological polar surface area (TPSA) is 44.5 Å². The van der Waals surface area contributed by atoms with Gasteiger partial charge in [0, 0.05) is 6.04 Å². The Hall–Kier alpha value is -2.00. The number of rotatable bonds is 6. The van der Waals surface area contributed by atoms with E-state index in [2.05, 4.69) is 38.1 Å². The molecule has 112 valence electrons. The molecule has 0 aliphatic rings. The largest absolute Gasteiger partial charge is 0.493 e. The number of methoxy groups -OCH3 is 1. The van der Waals surface area contributed by atoms with Gasteiger partial charge in [-0.25, -0.2) is 0 Å². The monoisotopic (exact) mass is 285 g/mol. The highest BCUT2D eigenvalue weighted by Crippen LogP contribution is 2.32. The van der Waals surface area contributed by atoms with Crippen LogP contribution in [0.25, 0.3) is 0 Å². The SMILES string of the molecule is CCC(N)C(Oc1ccccc1OC)c1ccc(C)cc1. The van der Waals surface area contributed by atoms with E-state index in [1.165, 1.54) is 5.56 Å². The lowest BCUT2D eigenvalue weighted by molar-refractivity contribution is 0.164. The van der Waals surface area contributed by atoms with Crippen molar-refractivity contribution in [1.29, 1.82) is 0 Å². The summed E-state index contributed by atoms with van der Waals surface area (Å²) in [5.74, 6) is 1.44. The fraction of sp³-hybridized carbons (Fsp3) is 0.333. The molecular formula is C18H23NO2. The minimum atomic E-state index is -0.188. The predicted octanol–water partition coefficient (Wildman–Crippen LogP) is 3.86. The normalized spacial score (nSPS) is 13.5. The summed E-state index contributed by atoms with van der Waals surface area (Å²) < 4.78 is 11.5. The van der Waals surface area contributed by atoms with E-state index in [1.54, 1.807) is 7.11 Å². The standard InChI is InChI=1S/C18H23NO2/c1-4-15(19)18(14-11-9-13(2)10-12-14)21-17-8-6-5-7-16(17)20-3/h5-12,15,18H,4,19H2,1-3H3. The first-order chi connectivity index (χ1) is 10.2. The lowest BCUT2D eigenvalue weighted by Gasteiger charge is -2.25. The first-order valence-corrected chi connectivity index (χ1v) is 7.27. The second kappa shape index (κ2) is 7.14. The maximum Gasteiger partial charge on any atom is 0.162 e. The Balaban J connectivity index is 2.30. The lowest BCUT2D eigenvalue weighted by Crippen LogP contribution is -2.31. The maximum absolute atomic E-state index is 6.26. The van der Waals surface area contributed by atoms with Crippen LogP contribution in [-0.4, -0.2) is 13.2 Å². The Morgan fingerprint density at radius 2 is 1.62 bits per heavy atom. The number of ether oxygens (including phenoxy) is 2. The fourth-order valence-electron chi connectivity index (χ4n) is 2.23. The summed E-state index contributed by atoms with van der Waals surface area (Å²) >= 11 is 0. The Bertz CT molecular complexity index is 566. The summed E-state index contributed by atoms with van der Waals surface area (Å²) in [4.78, 5) is 0. The molecule has 0 radical (unpaired) electrons. The van der Waals surface area contributed by atoms with Crippen molar-refractivity contribution in [3.05, 3.63) is 59.7 Å². The molecule has 2 N–H and O–H groups in total. The van der Waals surface area contributed by atoms with Crippen molar-refractivity contribution in [1.82, 2.24) is 0 Å². The quantitative estimate of drug-likeness (QED) is 0.876. The first kappa shape index (κ1) is 15.4. The third-order valence-corrected chi connectivity index (χ3v) is 3.59. The van der Waals surface area contributed by atoms with Gasteiger partial charge in [-0.1, -0.05) is 48.9 Å². The van der Waals surface area contributed by atoms with Crippen LogP contribution in [0.4, 0.5) is 0 Å². The molecule has 0 amide bonds. The molecule has 0 aliphatic carbocycles. The van der Waals surface area contributed by atoms with Crippen LogP contribution in [0, 0.1) is 6.92 Å². The number of benzene rings is 2. The molecule has 0 spiro atoms. The summed E-state index contributed by atoms with van der Waals surface area (Å²) in [7, 11) is 1.64. The number of aryl methyl sites for hydroxylation is 1. The van der Waals surface area contributed by atoms with Crippen LogP contribution >= 0.6 is 0 Å². The van der Waals surface area contributed by atoms with Gasteiger partial charge < -0.3 is 15.2 Å². The molecular weight excluding hydrogens is 262 g/mol. The van der Waals surface area contributed by atoms with Crippen LogP contribution in [0.2, 0.25) is 0 Å². The Labute approximate surface area is 126 Å². The molecule has 3 nitrogen and oxygen atoms in total. The fourth-order valence-corrected chi connectivity index (χ4v) is 2.23. The van der Waals surface area contributed by atoms with Crippen molar-refractivity contribution in [2.45, 2.75) is 32.4 Å². The maximum atomic E-state index is 6.26. The van der Waals surface area contributed by atoms with Gasteiger partial charge in [0.25, 0.3) is 0 Å². The predicted molar refractivity (Wildman–Crippen MR) is 85.8 cm³/mol. The molecule has 0 saturated heterocycles. The first-order valence-electron chi connectivity index (χ1n) is 7.27. The van der Waals surface area contributed by atoms with Gasteiger partial charge in [0.05, 0.1) is 7.11 Å². The molecule has 0 bridgehead atoms. The van der Waals surface area contributed by atoms with Crippen LogP contribution in [0.15, 0.2) is 48.5 Å². The van der Waals surface area contributed by atoms with Gasteiger partial charge in [-0.15, -0.1) is 0 Å². The smallest absolute Gasteiger partial charge is 0.162 e. The van der Waals surface area contributed by atoms with Crippen LogP contribution in [0.5, 0.6) is 11.5 Å². The zero-order valence-corrected chi connectivity index (χ0v) is 12.9. The lowest BCUT2D eigenvalue weighted by atomic mass is 10.00. The van der Waals surface area contributed by atoms with E-state index >= 15 is 0 Å². The van der Waals surface area contributed by atoms with Crippen molar-refractivity contribution < 1.29 is 9.47 Å². The number of hydrogen-bond acceptors (Lipinski definition) is 3. The van der Waals surface area contributed by atoms with Gasteiger partial charge in [-0.2, -0.15) is 0 Å². The van der Waals surface area contributed by atoms with E-state index in [-0.39, 0.29) is 12.1 Å². The number of nitrogens with two attached hydrogens (primary N) is 1. The summed E-state index contributed by atoms with van der Waals surface area (Å²) in [6.45, 7) is 4.14. The van der Waals surface area contributed by atoms with Gasteiger partial charge in [-0.05, 0) is 31.0 Å². The Kier molecular flexibility index (Phi) is 5.23. The van der Waals surface area contributed by atoms with Gasteiger partial charge >= 0.3 is 0 Å². The second-order valence-electron chi connectivity index (χ2n) is 5.17. The van der Waals surface area contributed by atoms with Gasteiger partial charge in [-0.3, -0.25) is 0 Å². The molecule has 0 saturated carbocycles. The molecule has 0 aromatic heterocycles. The van der Waals surface area contributed by atoms with Crippen LogP contribution in [0.3, 0.4) is 0 Å². The molecule has 2 aromatic rings. The van der Waals surface area contributed by atoms with Crippen molar-refractivity contribution in [2.24, 2.45) is 5.73 Å². The van der Waals surface area contributed by atoms with Gasteiger partial charge in [0.2, 0.25) is 0 Å². The minimum Gasteiger partial charge on any atom is -0.493 e. The molecule has 3 heteroatoms. The van der Waals surface area contributed by atoms with Crippen molar-refractivity contribution in [3.8, 4) is 11.5 Å². The highest BCUT2D eigenvalue weighted by molar-refractivity contribution is 5.40. The van der Waals surface area contributed by atoms with Crippen molar-refractivity contribution >= 4 is 0 Å². The molecule has 0 aliphatic heterocycles. The van der Waals surface area contributed by atoms with Crippen LogP contribution in [0.1, 0.15) is 30.6 Å². The van der Waals surface area contributed by atoms with Crippen molar-refractivity contribution in [2.75, 3.05) is 7.11 Å². The molecule has 2 rings (SSSR count). The zero-order chi connectivity index (χ0) is 15.2. The highest BCUT2D eigenvalue weighted by atomic mass is 16.5. The number of hydrogen-bond donors (Lipinski definition) is 1. The third-order valence-electron chi connectivity index (χ3n) is 3.59. The van der Waals surface area contributed by atoms with E-state index in [1.807, 2.05) is 24.3 Å². The molecule has 2 unspecified atom stereocenters. The van der Waals surface area contributed by atoms with E-state index < -0.39 is 0 Å². The summed E-state index contributed by atoms with van der Waals surface area (Å²) in [5, 5.41) is 0. The third kappa shape index (κ3) is 3.76. The Morgan fingerprint density at radius 3 is 2.19 bits per heavy atom. The summed E-state index contributed by atoms with van der Waals surface area (Å²) in [6, 6.07) is 15.9. The Morgan fingerprint density at radius 1 is 1.00 bits per heavy atom. The average Bonchev–Trinajstić information content (AvgIpc) is 2.53. The molecule has 21 heavy (non-hydrogen) atoms. The van der Waals surface area contributed by atoms with Gasteiger partial charge in [0.1, 0.15) is 6.10 Å². The van der Waals surface area contributed by atoms with E-state index in [9.17, 15) is 0 Å². The van der Waals surface area contributed by atoms with Crippen LogP contribution < -0.4 is 15.2 Å². The molecule has 2 aromatic carbocycles. The number of para-hydroxylation sites is 2. The molecule has 2 atom stereocenters. The zero-order valence-electron chi connectivity index (χ0n) is 12.9. The van der Waals surface area contributed by atoms with Crippen LogP contribution in [-0.2, 0) is 0 Å².